The molecule has 0 amide bonds. The van der Waals surface area contributed by atoms with Gasteiger partial charge in [0.15, 0.2) is 0 Å². The van der Waals surface area contributed by atoms with Gasteiger partial charge in [-0.15, -0.1) is 0 Å². The molecule has 27 heavy (non-hydrogen) atoms. The maximum atomic E-state index is 6.40. The lowest BCUT2D eigenvalue weighted by atomic mass is 9.97. The molecule has 0 aliphatic rings. The molecule has 3 aromatic carbocycles. The summed E-state index contributed by atoms with van der Waals surface area (Å²) in [6.45, 7) is 0. The van der Waals surface area contributed by atoms with Crippen LogP contribution in [0.5, 0.6) is 0 Å². The van der Waals surface area contributed by atoms with Gasteiger partial charge in [-0.25, -0.2) is 4.98 Å². The molecule has 1 aromatic heterocycles. The van der Waals surface area contributed by atoms with Crippen LogP contribution < -0.4 is 5.19 Å². The zero-order valence-electron chi connectivity index (χ0n) is 14.6. The van der Waals surface area contributed by atoms with Gasteiger partial charge in [0.25, 0.3) is 0 Å². The third-order valence-electron chi connectivity index (χ3n) is 4.85. The Labute approximate surface area is 171 Å². The summed E-state index contributed by atoms with van der Waals surface area (Å²) in [5.41, 5.74) is 2.29. The van der Waals surface area contributed by atoms with Gasteiger partial charge in [-0.1, -0.05) is 83.0 Å². The van der Waals surface area contributed by atoms with Crippen LogP contribution in [0.3, 0.4) is 0 Å². The molecule has 0 radical (unpaired) electrons. The molecule has 0 fully saturated rings. The van der Waals surface area contributed by atoms with E-state index >= 15 is 0 Å². The number of nitrogens with zero attached hydrogens (tertiary/aromatic N) is 2. The van der Waals surface area contributed by atoms with Crippen molar-refractivity contribution < 1.29 is 0 Å². The molecule has 0 unspecified atom stereocenters. The molecule has 0 bridgehead atoms. The number of halogens is 2. The van der Waals surface area contributed by atoms with E-state index in [1.54, 1.807) is 0 Å². The second-order valence-electron chi connectivity index (χ2n) is 6.51. The average Bonchev–Trinajstić information content (AvgIpc) is 3.22. The lowest BCUT2D eigenvalue weighted by molar-refractivity contribution is 0.596. The first-order valence-corrected chi connectivity index (χ1v) is 10.9. The lowest BCUT2D eigenvalue weighted by Crippen LogP contribution is -2.46. The number of aromatic nitrogens is 2. The Morgan fingerprint density at radius 2 is 1.41 bits per heavy atom. The van der Waals surface area contributed by atoms with Gasteiger partial charge in [0.2, 0.25) is 0 Å². The van der Waals surface area contributed by atoms with Gasteiger partial charge < -0.3 is 4.57 Å². The average molecular weight is 409 g/mol. The first-order chi connectivity index (χ1) is 13.2. The Hall–Kier alpha value is -2.33. The maximum absolute atomic E-state index is 6.40. The van der Waals surface area contributed by atoms with Crippen LogP contribution in [0.2, 0.25) is 10.0 Å². The lowest BCUT2D eigenvalue weighted by Gasteiger charge is -2.37. The van der Waals surface area contributed by atoms with Crippen molar-refractivity contribution >= 4 is 37.9 Å². The van der Waals surface area contributed by atoms with E-state index in [1.807, 2.05) is 43.0 Å². The zero-order valence-corrected chi connectivity index (χ0v) is 17.5. The van der Waals surface area contributed by atoms with Crippen molar-refractivity contribution in [1.29, 1.82) is 0 Å². The minimum absolute atomic E-state index is 0.381. The third kappa shape index (κ3) is 3.59. The van der Waals surface area contributed by atoms with Crippen LogP contribution in [0, 0.1) is 0 Å². The van der Waals surface area contributed by atoms with Crippen molar-refractivity contribution in [3.05, 3.63) is 119 Å². The third-order valence-corrected chi connectivity index (χ3v) is 7.90. The van der Waals surface area contributed by atoms with Crippen LogP contribution in [-0.2, 0) is 5.16 Å². The SMILES string of the molecule is Clc1cccc(C([SiH2]c2ccccc2)(c2cccc(Cl)c2)n2ccnc2)c1. The van der Waals surface area contributed by atoms with E-state index < -0.39 is 9.52 Å². The number of hydrogen-bond donors (Lipinski definition) is 0. The predicted octanol–water partition coefficient (Wildman–Crippen LogP) is 4.43. The summed E-state index contributed by atoms with van der Waals surface area (Å²) in [4.78, 5) is 4.34. The van der Waals surface area contributed by atoms with E-state index in [-0.39, 0.29) is 5.16 Å². The summed E-state index contributed by atoms with van der Waals surface area (Å²) in [5.74, 6) is 0. The van der Waals surface area contributed by atoms with E-state index in [2.05, 4.69) is 64.1 Å². The van der Waals surface area contributed by atoms with Crippen LogP contribution in [0.1, 0.15) is 11.1 Å². The van der Waals surface area contributed by atoms with Gasteiger partial charge in [-0.05, 0) is 35.4 Å². The van der Waals surface area contributed by atoms with Crippen molar-refractivity contribution in [3.8, 4) is 0 Å². The van der Waals surface area contributed by atoms with Crippen molar-refractivity contribution in [2.45, 2.75) is 5.16 Å². The molecule has 0 saturated heterocycles. The number of benzene rings is 3. The van der Waals surface area contributed by atoms with Gasteiger partial charge in [0, 0.05) is 22.4 Å². The van der Waals surface area contributed by atoms with E-state index in [0.717, 1.165) is 21.2 Å². The summed E-state index contributed by atoms with van der Waals surface area (Å²) in [6.07, 6.45) is 5.73. The van der Waals surface area contributed by atoms with Crippen LogP contribution in [0.25, 0.3) is 0 Å². The summed E-state index contributed by atoms with van der Waals surface area (Å²) < 4.78 is 2.20. The highest BCUT2D eigenvalue weighted by atomic mass is 35.5. The molecule has 0 spiro atoms. The molecule has 0 aliphatic carbocycles. The molecule has 5 heteroatoms. The van der Waals surface area contributed by atoms with E-state index in [0.29, 0.717) is 0 Å². The highest BCUT2D eigenvalue weighted by Gasteiger charge is 2.37. The number of hydrogen-bond acceptors (Lipinski definition) is 1. The normalized spacial score (nSPS) is 11.9. The zero-order chi connectivity index (χ0) is 18.7. The number of rotatable bonds is 5. The molecule has 0 saturated carbocycles. The molecule has 4 aromatic rings. The summed E-state index contributed by atoms with van der Waals surface area (Å²) in [5, 5.41) is 2.42. The molecule has 4 rings (SSSR count). The molecule has 134 valence electrons. The Bertz CT molecular complexity index is 988. The predicted molar refractivity (Wildman–Crippen MR) is 116 cm³/mol. The van der Waals surface area contributed by atoms with Crippen molar-refractivity contribution in [1.82, 2.24) is 9.55 Å². The summed E-state index contributed by atoms with van der Waals surface area (Å²) >= 11 is 12.8. The quantitative estimate of drug-likeness (QED) is 0.446. The van der Waals surface area contributed by atoms with Gasteiger partial charge in [0.1, 0.15) is 0 Å². The molecular formula is C22H18Cl2N2Si. The Balaban J connectivity index is 2.02. The molecule has 0 aliphatic heterocycles. The number of imidazole rings is 1. The summed E-state index contributed by atoms with van der Waals surface area (Å²) in [6, 6.07) is 26.9. The first-order valence-electron chi connectivity index (χ1n) is 8.73. The Kier molecular flexibility index (Phi) is 5.17. The summed E-state index contributed by atoms with van der Waals surface area (Å²) in [7, 11) is -0.896. The van der Waals surface area contributed by atoms with E-state index in [1.165, 1.54) is 5.19 Å². The molecule has 2 nitrogen and oxygen atoms in total. The second kappa shape index (κ2) is 7.73. The highest BCUT2D eigenvalue weighted by molar-refractivity contribution is 6.57. The van der Waals surface area contributed by atoms with Crippen LogP contribution in [0.15, 0.2) is 97.6 Å². The smallest absolute Gasteiger partial charge is 0.0965 e. The fourth-order valence-electron chi connectivity index (χ4n) is 3.63. The molecule has 0 atom stereocenters. The van der Waals surface area contributed by atoms with E-state index in [9.17, 15) is 0 Å². The second-order valence-corrected chi connectivity index (χ2v) is 9.58. The first kappa shape index (κ1) is 18.0. The largest absolute Gasteiger partial charge is 0.326 e. The Morgan fingerprint density at radius 1 is 0.778 bits per heavy atom. The van der Waals surface area contributed by atoms with Gasteiger partial charge in [0.05, 0.1) is 21.0 Å². The maximum Gasteiger partial charge on any atom is 0.0965 e. The minimum Gasteiger partial charge on any atom is -0.326 e. The highest BCUT2D eigenvalue weighted by Crippen LogP contribution is 2.35. The van der Waals surface area contributed by atoms with Crippen molar-refractivity contribution in [3.63, 3.8) is 0 Å². The van der Waals surface area contributed by atoms with Gasteiger partial charge in [-0.3, -0.25) is 0 Å². The van der Waals surface area contributed by atoms with Gasteiger partial charge in [-0.2, -0.15) is 0 Å². The monoisotopic (exact) mass is 408 g/mol. The standard InChI is InChI=1S/C22H18Cl2N2Si/c23-19-8-4-6-17(14-19)22(26-13-12-25-16-26,18-7-5-9-20(24)15-18)27-21-10-2-1-3-11-21/h1-16H,27H2. The Morgan fingerprint density at radius 3 is 1.93 bits per heavy atom. The van der Waals surface area contributed by atoms with Crippen LogP contribution >= 0.6 is 23.2 Å². The minimum atomic E-state index is -0.896. The van der Waals surface area contributed by atoms with Crippen LogP contribution in [0.4, 0.5) is 0 Å². The van der Waals surface area contributed by atoms with Crippen molar-refractivity contribution in [2.24, 2.45) is 0 Å². The fraction of sp³-hybridized carbons (Fsp3) is 0.0455. The molecule has 0 N–H and O–H groups in total. The topological polar surface area (TPSA) is 17.8 Å². The fourth-order valence-corrected chi connectivity index (χ4v) is 6.32. The molecular weight excluding hydrogens is 391 g/mol. The van der Waals surface area contributed by atoms with E-state index in [4.69, 9.17) is 23.2 Å². The van der Waals surface area contributed by atoms with Gasteiger partial charge >= 0.3 is 0 Å². The molecule has 1 heterocycles. The van der Waals surface area contributed by atoms with Crippen molar-refractivity contribution in [2.75, 3.05) is 0 Å². The van der Waals surface area contributed by atoms with Crippen LogP contribution in [-0.4, -0.2) is 19.1 Å².